The molecule has 210 valence electrons. The molecule has 0 spiro atoms. The molecule has 1 fully saturated rings. The van der Waals surface area contributed by atoms with Crippen LogP contribution in [-0.4, -0.2) is 91.1 Å². The minimum absolute atomic E-state index is 0.0478. The monoisotopic (exact) mass is 561 g/mol. The lowest BCUT2D eigenvalue weighted by Crippen LogP contribution is -2.56. The quantitative estimate of drug-likeness (QED) is 0.151. The fourth-order valence-electron chi connectivity index (χ4n) is 6.45. The third kappa shape index (κ3) is 3.11. The number of phenolic OH excluding ortho intramolecular Hbond substituents is 1. The number of amides is 2. The van der Waals surface area contributed by atoms with Gasteiger partial charge in [-0.1, -0.05) is 0 Å². The molecule has 0 aliphatic carbocycles. The van der Waals surface area contributed by atoms with Crippen molar-refractivity contribution in [2.24, 2.45) is 0 Å². The molecule has 0 saturated carbocycles. The van der Waals surface area contributed by atoms with Gasteiger partial charge < -0.3 is 49.3 Å². The van der Waals surface area contributed by atoms with E-state index in [0.717, 1.165) is 0 Å². The molecule has 5 aromatic rings. The van der Waals surface area contributed by atoms with E-state index < -0.39 is 49.1 Å². The van der Waals surface area contributed by atoms with Crippen LogP contribution in [0.3, 0.4) is 0 Å². The van der Waals surface area contributed by atoms with Crippen molar-refractivity contribution in [1.82, 2.24) is 14.9 Å². The number of phenols is 1. The summed E-state index contributed by atoms with van der Waals surface area (Å²) < 4.78 is 19.2. The van der Waals surface area contributed by atoms with Crippen LogP contribution in [0.1, 0.15) is 26.9 Å². The van der Waals surface area contributed by atoms with E-state index in [1.807, 2.05) is 0 Å². The van der Waals surface area contributed by atoms with E-state index in [9.17, 15) is 35.1 Å². The van der Waals surface area contributed by atoms with Crippen molar-refractivity contribution in [3.05, 3.63) is 41.5 Å². The predicted molar refractivity (Wildman–Crippen MR) is 142 cm³/mol. The average Bonchev–Trinajstić information content (AvgIpc) is 3.59. The smallest absolute Gasteiger partial charge is 0.259 e. The predicted octanol–water partition coefficient (Wildman–Crippen LogP) is 0.762. The van der Waals surface area contributed by atoms with Crippen molar-refractivity contribution in [2.45, 2.75) is 30.6 Å². The van der Waals surface area contributed by atoms with Crippen molar-refractivity contribution in [1.29, 1.82) is 0 Å². The number of aliphatic hydroxyl groups excluding tert-OH is 4. The highest BCUT2D eigenvalue weighted by atomic mass is 16.6. The largest absolute Gasteiger partial charge is 0.508 e. The van der Waals surface area contributed by atoms with Crippen molar-refractivity contribution in [3.8, 4) is 17.2 Å². The molecule has 2 amide bonds. The number of aromatic amines is 1. The number of nitrogens with one attached hydrogen (secondary N) is 2. The molecule has 13 nitrogen and oxygen atoms in total. The highest BCUT2D eigenvalue weighted by molar-refractivity contribution is 6.39. The standard InChI is InChI=1S/C28H23N3O10/c32-8-16-23(34)24(35)25(36)28(41-16)31-13-7-15-14(39-3-4-40-15)6-11(13)18-20-19(26(37)30-27(20)38)17-10-5-9(33)1-2-12(10)29-21(17)22(18)31/h1-2,5-7,16,23-25,28-29,32-36H,3-4,8H2,(H,30,37,38). The van der Waals surface area contributed by atoms with Crippen molar-refractivity contribution in [3.63, 3.8) is 0 Å². The Balaban J connectivity index is 1.60. The lowest BCUT2D eigenvalue weighted by Gasteiger charge is -2.41. The SMILES string of the molecule is O=C1NC(=O)c2c1c1c3cc(O)ccc3[nH]c1c1c2c2cc3c(cc2n1C1OC(CO)C(O)C(O)C1O)OCCO3. The molecule has 8 rings (SSSR count). The molecule has 3 aliphatic rings. The Kier molecular flexibility index (Phi) is 4.95. The van der Waals surface area contributed by atoms with E-state index in [1.54, 1.807) is 22.8 Å². The molecule has 5 unspecified atom stereocenters. The molecule has 41 heavy (non-hydrogen) atoms. The normalized spacial score (nSPS) is 25.9. The van der Waals surface area contributed by atoms with Gasteiger partial charge >= 0.3 is 0 Å². The minimum atomic E-state index is -1.68. The number of fused-ring (bicyclic) bond motifs is 11. The third-order valence-electron chi connectivity index (χ3n) is 8.24. The van der Waals surface area contributed by atoms with Crippen LogP contribution in [-0.2, 0) is 4.74 Å². The number of aliphatic hydroxyl groups is 4. The summed E-state index contributed by atoms with van der Waals surface area (Å²) in [7, 11) is 0. The molecule has 5 heterocycles. The van der Waals surface area contributed by atoms with Crippen LogP contribution in [0, 0.1) is 0 Å². The summed E-state index contributed by atoms with van der Waals surface area (Å²) in [6.45, 7) is -0.0458. The Morgan fingerprint density at radius 2 is 1.59 bits per heavy atom. The summed E-state index contributed by atoms with van der Waals surface area (Å²) in [5.74, 6) is -0.473. The first-order chi connectivity index (χ1) is 19.8. The van der Waals surface area contributed by atoms with Gasteiger partial charge in [0.2, 0.25) is 0 Å². The molecular weight excluding hydrogens is 538 g/mol. The number of aromatic hydroxyl groups is 1. The van der Waals surface area contributed by atoms with Crippen LogP contribution in [0.4, 0.5) is 0 Å². The molecule has 13 heteroatoms. The van der Waals surface area contributed by atoms with Gasteiger partial charge in [-0.25, -0.2) is 0 Å². The minimum Gasteiger partial charge on any atom is -0.508 e. The van der Waals surface area contributed by atoms with Gasteiger partial charge in [-0.3, -0.25) is 14.9 Å². The van der Waals surface area contributed by atoms with Gasteiger partial charge in [0.05, 0.1) is 34.3 Å². The molecule has 1 saturated heterocycles. The fourth-order valence-corrected chi connectivity index (χ4v) is 6.45. The van der Waals surface area contributed by atoms with Gasteiger partial charge in [-0.05, 0) is 24.3 Å². The zero-order valence-corrected chi connectivity index (χ0v) is 21.1. The first-order valence-corrected chi connectivity index (χ1v) is 13.0. The Morgan fingerprint density at radius 1 is 0.878 bits per heavy atom. The Morgan fingerprint density at radius 3 is 2.32 bits per heavy atom. The molecule has 7 N–H and O–H groups in total. The van der Waals surface area contributed by atoms with Gasteiger partial charge in [0.15, 0.2) is 17.7 Å². The zero-order valence-electron chi connectivity index (χ0n) is 21.1. The number of hydrogen-bond donors (Lipinski definition) is 7. The van der Waals surface area contributed by atoms with Gasteiger partial charge in [-0.2, -0.15) is 0 Å². The van der Waals surface area contributed by atoms with Gasteiger partial charge in [-0.15, -0.1) is 0 Å². The van der Waals surface area contributed by atoms with E-state index in [1.165, 1.54) is 12.1 Å². The van der Waals surface area contributed by atoms with Gasteiger partial charge in [0.1, 0.15) is 43.4 Å². The topological polar surface area (TPSA) is 196 Å². The van der Waals surface area contributed by atoms with E-state index in [4.69, 9.17) is 14.2 Å². The number of ether oxygens (including phenoxy) is 3. The second-order valence-electron chi connectivity index (χ2n) is 10.5. The first-order valence-electron chi connectivity index (χ1n) is 13.0. The lowest BCUT2D eigenvalue weighted by atomic mass is 9.96. The van der Waals surface area contributed by atoms with Gasteiger partial charge in [0, 0.05) is 33.1 Å². The number of hydrogen-bond acceptors (Lipinski definition) is 10. The first kappa shape index (κ1) is 24.4. The maximum Gasteiger partial charge on any atom is 0.259 e. The van der Waals surface area contributed by atoms with Crippen LogP contribution in [0.2, 0.25) is 0 Å². The Labute approximate surface area is 229 Å². The van der Waals surface area contributed by atoms with Crippen LogP contribution in [0.25, 0.3) is 43.6 Å². The van der Waals surface area contributed by atoms with E-state index in [-0.39, 0.29) is 16.9 Å². The highest BCUT2D eigenvalue weighted by Gasteiger charge is 2.46. The van der Waals surface area contributed by atoms with E-state index >= 15 is 0 Å². The molecule has 0 bridgehead atoms. The van der Waals surface area contributed by atoms with Crippen LogP contribution < -0.4 is 14.8 Å². The Hall–Kier alpha value is -4.40. The lowest BCUT2D eigenvalue weighted by molar-refractivity contribution is -0.249. The number of H-pyrrole nitrogens is 1. The second-order valence-corrected chi connectivity index (χ2v) is 10.5. The number of rotatable bonds is 2. The average molecular weight is 562 g/mol. The number of nitrogens with zero attached hydrogens (tertiary/aromatic N) is 1. The number of carbonyl (C=O) groups excluding carboxylic acids is 2. The summed E-state index contributed by atoms with van der Waals surface area (Å²) in [5.41, 5.74) is 1.94. The summed E-state index contributed by atoms with van der Waals surface area (Å²) >= 11 is 0. The fraction of sp³-hybridized carbons (Fsp3) is 0.286. The number of imide groups is 1. The van der Waals surface area contributed by atoms with Crippen molar-refractivity contribution < 1.29 is 49.3 Å². The summed E-state index contributed by atoms with van der Waals surface area (Å²) in [6, 6.07) is 7.95. The number of benzene rings is 3. The summed E-state index contributed by atoms with van der Waals surface area (Å²) in [6.07, 6.45) is -7.49. The molecule has 3 aliphatic heterocycles. The van der Waals surface area contributed by atoms with Crippen LogP contribution in [0.15, 0.2) is 30.3 Å². The highest BCUT2D eigenvalue weighted by Crippen LogP contribution is 2.48. The number of carbonyl (C=O) groups is 2. The van der Waals surface area contributed by atoms with E-state index in [2.05, 4.69) is 10.3 Å². The third-order valence-corrected chi connectivity index (χ3v) is 8.24. The second kappa shape index (κ2) is 8.31. The maximum absolute atomic E-state index is 13.4. The molecule has 3 aromatic carbocycles. The van der Waals surface area contributed by atoms with E-state index in [0.29, 0.717) is 68.3 Å². The number of aromatic nitrogens is 2. The maximum atomic E-state index is 13.4. The molecular formula is C28H23N3O10. The van der Waals surface area contributed by atoms with Crippen molar-refractivity contribution in [2.75, 3.05) is 19.8 Å². The van der Waals surface area contributed by atoms with Gasteiger partial charge in [0.25, 0.3) is 11.8 Å². The molecule has 0 radical (unpaired) electrons. The zero-order chi connectivity index (χ0) is 28.3. The summed E-state index contributed by atoms with van der Waals surface area (Å²) in [4.78, 5) is 29.9. The summed E-state index contributed by atoms with van der Waals surface area (Å²) in [5, 5.41) is 56.7. The van der Waals surface area contributed by atoms with Crippen LogP contribution >= 0.6 is 0 Å². The molecule has 5 atom stereocenters. The van der Waals surface area contributed by atoms with Crippen molar-refractivity contribution >= 4 is 55.4 Å². The Bertz CT molecular complexity index is 1980. The van der Waals surface area contributed by atoms with Crippen LogP contribution in [0.5, 0.6) is 17.2 Å². The molecule has 2 aromatic heterocycles.